The summed E-state index contributed by atoms with van der Waals surface area (Å²) in [4.78, 5) is 5.14. The maximum Gasteiger partial charge on any atom is 0.252 e. The summed E-state index contributed by atoms with van der Waals surface area (Å²) >= 11 is 1.26. The SMILES string of the molecule is CN=C(NCc1ccc(S(=O)(=O)N(C)C)s1)NCC(C)COCc1ccccc1. The van der Waals surface area contributed by atoms with E-state index in [2.05, 4.69) is 34.7 Å². The highest BCUT2D eigenvalue weighted by molar-refractivity contribution is 7.91. The van der Waals surface area contributed by atoms with Gasteiger partial charge in [0.25, 0.3) is 10.0 Å². The molecular weight excluding hydrogens is 408 g/mol. The van der Waals surface area contributed by atoms with Gasteiger partial charge in [-0.05, 0) is 23.6 Å². The molecule has 1 atom stereocenters. The van der Waals surface area contributed by atoms with E-state index in [0.717, 1.165) is 17.0 Å². The molecule has 7 nitrogen and oxygen atoms in total. The molecule has 0 saturated heterocycles. The topological polar surface area (TPSA) is 83.0 Å². The van der Waals surface area contributed by atoms with Gasteiger partial charge in [-0.15, -0.1) is 11.3 Å². The van der Waals surface area contributed by atoms with E-state index >= 15 is 0 Å². The molecule has 2 N–H and O–H groups in total. The van der Waals surface area contributed by atoms with Crippen LogP contribution in [0.25, 0.3) is 0 Å². The lowest BCUT2D eigenvalue weighted by Crippen LogP contribution is -2.39. The van der Waals surface area contributed by atoms with Gasteiger partial charge < -0.3 is 15.4 Å². The molecule has 1 aromatic heterocycles. The van der Waals surface area contributed by atoms with Crippen LogP contribution in [-0.2, 0) is 27.9 Å². The molecule has 0 aliphatic rings. The van der Waals surface area contributed by atoms with Crippen LogP contribution < -0.4 is 10.6 Å². The molecule has 0 spiro atoms. The smallest absolute Gasteiger partial charge is 0.252 e. The van der Waals surface area contributed by atoms with Gasteiger partial charge in [0.2, 0.25) is 0 Å². The predicted molar refractivity (Wildman–Crippen MR) is 119 cm³/mol. The van der Waals surface area contributed by atoms with Gasteiger partial charge in [0.1, 0.15) is 4.21 Å². The first kappa shape index (κ1) is 23.3. The van der Waals surface area contributed by atoms with Gasteiger partial charge in [0, 0.05) is 32.6 Å². The number of nitrogens with zero attached hydrogens (tertiary/aromatic N) is 2. The number of hydrogen-bond acceptors (Lipinski definition) is 5. The minimum atomic E-state index is -3.39. The number of guanidine groups is 1. The van der Waals surface area contributed by atoms with Crippen molar-refractivity contribution in [1.82, 2.24) is 14.9 Å². The quantitative estimate of drug-likeness (QED) is 0.440. The summed E-state index contributed by atoms with van der Waals surface area (Å²) in [5.41, 5.74) is 1.16. The molecule has 9 heteroatoms. The summed E-state index contributed by atoms with van der Waals surface area (Å²) in [7, 11) is 1.39. The Kier molecular flexibility index (Phi) is 9.09. The van der Waals surface area contributed by atoms with Crippen molar-refractivity contribution in [3.05, 3.63) is 52.9 Å². The van der Waals surface area contributed by atoms with E-state index in [1.165, 1.54) is 29.7 Å². The van der Waals surface area contributed by atoms with Gasteiger partial charge in [0.05, 0.1) is 19.8 Å². The monoisotopic (exact) mass is 438 g/mol. The summed E-state index contributed by atoms with van der Waals surface area (Å²) in [5.74, 6) is 0.987. The summed E-state index contributed by atoms with van der Waals surface area (Å²) in [6.07, 6.45) is 0. The molecule has 2 rings (SSSR count). The molecule has 29 heavy (non-hydrogen) atoms. The molecule has 160 valence electrons. The molecular formula is C20H30N4O3S2. The third kappa shape index (κ3) is 7.43. The second kappa shape index (κ2) is 11.3. The molecule has 0 radical (unpaired) electrons. The predicted octanol–water partition coefficient (Wildman–Crippen LogP) is 2.52. The van der Waals surface area contributed by atoms with Gasteiger partial charge in [-0.1, -0.05) is 37.3 Å². The molecule has 2 aromatic rings. The van der Waals surface area contributed by atoms with Gasteiger partial charge in [-0.25, -0.2) is 12.7 Å². The average Bonchev–Trinajstić information content (AvgIpc) is 3.18. The van der Waals surface area contributed by atoms with Crippen LogP contribution in [0.2, 0.25) is 0 Å². The summed E-state index contributed by atoms with van der Waals surface area (Å²) in [5, 5.41) is 6.50. The number of thiophene rings is 1. The van der Waals surface area contributed by atoms with Crippen LogP contribution in [0.15, 0.2) is 51.7 Å². The van der Waals surface area contributed by atoms with E-state index in [1.807, 2.05) is 24.3 Å². The third-order valence-electron chi connectivity index (χ3n) is 4.16. The fourth-order valence-corrected chi connectivity index (χ4v) is 4.91. The number of rotatable bonds is 10. The molecule has 0 amide bonds. The van der Waals surface area contributed by atoms with Crippen molar-refractivity contribution < 1.29 is 13.2 Å². The molecule has 0 fully saturated rings. The summed E-state index contributed by atoms with van der Waals surface area (Å²) in [6.45, 7) is 4.60. The molecule has 0 bridgehead atoms. The number of benzene rings is 1. The van der Waals surface area contributed by atoms with E-state index in [0.29, 0.717) is 35.8 Å². The minimum Gasteiger partial charge on any atom is -0.376 e. The minimum absolute atomic E-state index is 0.316. The second-order valence-electron chi connectivity index (χ2n) is 6.92. The molecule has 0 aliphatic carbocycles. The van der Waals surface area contributed by atoms with E-state index in [4.69, 9.17) is 4.74 Å². The van der Waals surface area contributed by atoms with Gasteiger partial charge in [0.15, 0.2) is 5.96 Å². The van der Waals surface area contributed by atoms with Crippen LogP contribution in [0.1, 0.15) is 17.4 Å². The zero-order valence-electron chi connectivity index (χ0n) is 17.4. The van der Waals surface area contributed by atoms with E-state index in [9.17, 15) is 8.42 Å². The van der Waals surface area contributed by atoms with Crippen molar-refractivity contribution in [2.75, 3.05) is 34.3 Å². The van der Waals surface area contributed by atoms with Crippen molar-refractivity contribution in [2.24, 2.45) is 10.9 Å². The Morgan fingerprint density at radius 3 is 2.55 bits per heavy atom. The normalized spacial score (nSPS) is 13.5. The Balaban J connectivity index is 1.73. The molecule has 1 aromatic carbocycles. The molecule has 0 aliphatic heterocycles. The molecule has 1 heterocycles. The van der Waals surface area contributed by atoms with E-state index in [1.54, 1.807) is 13.1 Å². The Labute approximate surface area is 177 Å². The van der Waals surface area contributed by atoms with Crippen LogP contribution in [0.3, 0.4) is 0 Å². The highest BCUT2D eigenvalue weighted by atomic mass is 32.2. The lowest BCUT2D eigenvalue weighted by Gasteiger charge is -2.16. The number of hydrogen-bond donors (Lipinski definition) is 2. The Hall–Kier alpha value is -1.94. The van der Waals surface area contributed by atoms with E-state index < -0.39 is 10.0 Å². The summed E-state index contributed by atoms with van der Waals surface area (Å²) in [6, 6.07) is 13.6. The van der Waals surface area contributed by atoms with Crippen LogP contribution in [-0.4, -0.2) is 53.0 Å². The zero-order valence-corrected chi connectivity index (χ0v) is 19.0. The largest absolute Gasteiger partial charge is 0.376 e. The first-order valence-electron chi connectivity index (χ1n) is 9.40. The van der Waals surface area contributed by atoms with Crippen LogP contribution in [0.5, 0.6) is 0 Å². The molecule has 0 saturated carbocycles. The maximum atomic E-state index is 12.2. The van der Waals surface area contributed by atoms with Crippen molar-refractivity contribution >= 4 is 27.3 Å². The Bertz CT molecular complexity index is 880. The first-order valence-corrected chi connectivity index (χ1v) is 11.7. The highest BCUT2D eigenvalue weighted by Crippen LogP contribution is 2.23. The Morgan fingerprint density at radius 2 is 1.90 bits per heavy atom. The van der Waals surface area contributed by atoms with Crippen molar-refractivity contribution in [1.29, 1.82) is 0 Å². The lowest BCUT2D eigenvalue weighted by molar-refractivity contribution is 0.0931. The van der Waals surface area contributed by atoms with Crippen LogP contribution in [0, 0.1) is 5.92 Å². The zero-order chi connectivity index (χ0) is 21.3. The maximum absolute atomic E-state index is 12.2. The fourth-order valence-electron chi connectivity index (χ4n) is 2.45. The van der Waals surface area contributed by atoms with Crippen molar-refractivity contribution in [3.8, 4) is 0 Å². The first-order chi connectivity index (χ1) is 13.8. The number of aliphatic imine (C=N–C) groups is 1. The van der Waals surface area contributed by atoms with Crippen molar-refractivity contribution in [2.45, 2.75) is 24.3 Å². The van der Waals surface area contributed by atoms with E-state index in [-0.39, 0.29) is 0 Å². The van der Waals surface area contributed by atoms with Gasteiger partial charge >= 0.3 is 0 Å². The number of nitrogens with one attached hydrogen (secondary N) is 2. The second-order valence-corrected chi connectivity index (χ2v) is 10.5. The Morgan fingerprint density at radius 1 is 1.17 bits per heavy atom. The summed E-state index contributed by atoms with van der Waals surface area (Å²) < 4.78 is 31.7. The van der Waals surface area contributed by atoms with Crippen LogP contribution >= 0.6 is 11.3 Å². The highest BCUT2D eigenvalue weighted by Gasteiger charge is 2.19. The van der Waals surface area contributed by atoms with Crippen molar-refractivity contribution in [3.63, 3.8) is 0 Å². The standard InChI is InChI=1S/C20H30N4O3S2/c1-16(14-27-15-17-8-6-5-7-9-17)12-22-20(21-2)23-13-18-10-11-19(28-18)29(25,26)24(3)4/h5-11,16H,12-15H2,1-4H3,(H2,21,22,23). The third-order valence-corrected chi connectivity index (χ3v) is 7.53. The van der Waals surface area contributed by atoms with Crippen LogP contribution in [0.4, 0.5) is 0 Å². The van der Waals surface area contributed by atoms with Gasteiger partial charge in [-0.3, -0.25) is 4.99 Å². The lowest BCUT2D eigenvalue weighted by atomic mass is 10.2. The van der Waals surface area contributed by atoms with Gasteiger partial charge in [-0.2, -0.15) is 0 Å². The number of ether oxygens (including phenoxy) is 1. The average molecular weight is 439 g/mol. The number of sulfonamides is 1. The molecule has 1 unspecified atom stereocenters. The fraction of sp³-hybridized carbons (Fsp3) is 0.450.